The molecule has 0 radical (unpaired) electrons. The van der Waals surface area contributed by atoms with Gasteiger partial charge in [0.1, 0.15) is 18.2 Å². The summed E-state index contributed by atoms with van der Waals surface area (Å²) in [6, 6.07) is 8.30. The number of halogens is 2. The van der Waals surface area contributed by atoms with Crippen molar-refractivity contribution in [2.24, 2.45) is 0 Å². The van der Waals surface area contributed by atoms with Crippen molar-refractivity contribution < 1.29 is 19.0 Å². The van der Waals surface area contributed by atoms with Crippen molar-refractivity contribution in [1.29, 1.82) is 0 Å². The third kappa shape index (κ3) is 3.19. The first-order valence-electron chi connectivity index (χ1n) is 5.67. The van der Waals surface area contributed by atoms with Crippen LogP contribution >= 0.6 is 11.6 Å². The maximum Gasteiger partial charge on any atom is 0.337 e. The molecule has 0 aliphatic carbocycles. The zero-order chi connectivity index (χ0) is 14.7. The van der Waals surface area contributed by atoms with Crippen molar-refractivity contribution in [2.75, 3.05) is 5.73 Å². The largest absolute Gasteiger partial charge is 0.489 e. The first-order chi connectivity index (χ1) is 9.47. The molecule has 0 bridgehead atoms. The zero-order valence-electron chi connectivity index (χ0n) is 10.3. The molecule has 0 spiro atoms. The molecule has 104 valence electrons. The van der Waals surface area contributed by atoms with E-state index in [9.17, 15) is 9.18 Å². The number of benzene rings is 2. The fourth-order valence-corrected chi connectivity index (χ4v) is 1.83. The van der Waals surface area contributed by atoms with Crippen LogP contribution in [0.3, 0.4) is 0 Å². The van der Waals surface area contributed by atoms with E-state index in [4.69, 9.17) is 27.2 Å². The first-order valence-corrected chi connectivity index (χ1v) is 6.04. The molecule has 6 heteroatoms. The molecule has 4 nitrogen and oxygen atoms in total. The van der Waals surface area contributed by atoms with Crippen LogP contribution in [0.1, 0.15) is 15.9 Å². The van der Waals surface area contributed by atoms with Gasteiger partial charge in [-0.25, -0.2) is 9.18 Å². The molecule has 0 fully saturated rings. The first kappa shape index (κ1) is 14.1. The molecular weight excluding hydrogens is 285 g/mol. The Labute approximate surface area is 119 Å². The molecule has 0 unspecified atom stereocenters. The number of hydrogen-bond acceptors (Lipinski definition) is 3. The lowest BCUT2D eigenvalue weighted by Gasteiger charge is -2.09. The number of carboxylic acid groups (broad SMARTS) is 1. The minimum atomic E-state index is -1.13. The zero-order valence-corrected chi connectivity index (χ0v) is 11.0. The molecule has 0 aromatic heterocycles. The van der Waals surface area contributed by atoms with Gasteiger partial charge in [0, 0.05) is 11.3 Å². The van der Waals surface area contributed by atoms with Crippen LogP contribution in [-0.4, -0.2) is 11.1 Å². The molecule has 3 N–H and O–H groups in total. The third-order valence-electron chi connectivity index (χ3n) is 2.66. The van der Waals surface area contributed by atoms with E-state index in [0.717, 1.165) is 0 Å². The van der Waals surface area contributed by atoms with Gasteiger partial charge in [0.25, 0.3) is 0 Å². The summed E-state index contributed by atoms with van der Waals surface area (Å²) in [7, 11) is 0. The van der Waals surface area contributed by atoms with Gasteiger partial charge in [-0.05, 0) is 30.3 Å². The van der Waals surface area contributed by atoms with Crippen LogP contribution in [0.5, 0.6) is 5.75 Å². The second-order valence-corrected chi connectivity index (χ2v) is 4.49. The minimum Gasteiger partial charge on any atom is -0.489 e. The highest BCUT2D eigenvalue weighted by atomic mass is 35.5. The maximum absolute atomic E-state index is 12.9. The summed E-state index contributed by atoms with van der Waals surface area (Å²) in [5.41, 5.74) is 6.26. The standard InChI is InChI=1S/C14H11ClFNO3/c15-12-5-9(16)2-1-8(12)7-20-10-3-4-13(17)11(6-10)14(18)19/h1-6H,7,17H2,(H,18,19). The summed E-state index contributed by atoms with van der Waals surface area (Å²) in [4.78, 5) is 10.9. The number of anilines is 1. The Morgan fingerprint density at radius 2 is 2.05 bits per heavy atom. The predicted octanol–water partition coefficient (Wildman–Crippen LogP) is 3.34. The molecule has 0 aliphatic heterocycles. The molecule has 0 saturated carbocycles. The van der Waals surface area contributed by atoms with Crippen molar-refractivity contribution in [2.45, 2.75) is 6.61 Å². The third-order valence-corrected chi connectivity index (χ3v) is 3.02. The van der Waals surface area contributed by atoms with E-state index in [1.165, 1.54) is 30.3 Å². The molecule has 0 saturated heterocycles. The van der Waals surface area contributed by atoms with E-state index in [0.29, 0.717) is 11.3 Å². The molecule has 2 rings (SSSR count). The average molecular weight is 296 g/mol. The monoisotopic (exact) mass is 295 g/mol. The van der Waals surface area contributed by atoms with Crippen LogP contribution in [0.25, 0.3) is 0 Å². The lowest BCUT2D eigenvalue weighted by Crippen LogP contribution is -2.03. The van der Waals surface area contributed by atoms with Gasteiger partial charge in [-0.3, -0.25) is 0 Å². The molecular formula is C14H11ClFNO3. The summed E-state index contributed by atoms with van der Waals surface area (Å²) < 4.78 is 18.3. The summed E-state index contributed by atoms with van der Waals surface area (Å²) in [5.74, 6) is -1.22. The van der Waals surface area contributed by atoms with E-state index in [-0.39, 0.29) is 22.9 Å². The average Bonchev–Trinajstić information content (AvgIpc) is 2.39. The highest BCUT2D eigenvalue weighted by molar-refractivity contribution is 6.31. The van der Waals surface area contributed by atoms with Crippen molar-refractivity contribution in [3.05, 3.63) is 58.4 Å². The number of hydrogen-bond donors (Lipinski definition) is 2. The molecule has 0 heterocycles. The van der Waals surface area contributed by atoms with Crippen LogP contribution in [-0.2, 0) is 6.61 Å². The quantitative estimate of drug-likeness (QED) is 0.849. The van der Waals surface area contributed by atoms with E-state index < -0.39 is 11.8 Å². The van der Waals surface area contributed by atoms with Gasteiger partial charge in [-0.2, -0.15) is 0 Å². The lowest BCUT2D eigenvalue weighted by atomic mass is 10.1. The van der Waals surface area contributed by atoms with Gasteiger partial charge in [0.15, 0.2) is 0 Å². The molecule has 0 aliphatic rings. The van der Waals surface area contributed by atoms with E-state index >= 15 is 0 Å². The minimum absolute atomic E-state index is 0.0345. The predicted molar refractivity (Wildman–Crippen MR) is 73.6 cm³/mol. The summed E-state index contributed by atoms with van der Waals surface area (Å²) in [6.07, 6.45) is 0. The van der Waals surface area contributed by atoms with Crippen LogP contribution in [0.4, 0.5) is 10.1 Å². The number of nitrogen functional groups attached to an aromatic ring is 1. The molecule has 2 aromatic carbocycles. The molecule has 2 aromatic rings. The fourth-order valence-electron chi connectivity index (χ4n) is 1.61. The van der Waals surface area contributed by atoms with Gasteiger partial charge in [0.05, 0.1) is 10.6 Å². The Morgan fingerprint density at radius 1 is 1.30 bits per heavy atom. The van der Waals surface area contributed by atoms with Gasteiger partial charge < -0.3 is 15.6 Å². The normalized spacial score (nSPS) is 10.3. The van der Waals surface area contributed by atoms with Gasteiger partial charge in [-0.1, -0.05) is 17.7 Å². The second-order valence-electron chi connectivity index (χ2n) is 4.08. The summed E-state index contributed by atoms with van der Waals surface area (Å²) >= 11 is 5.87. The Balaban J connectivity index is 2.15. The molecule has 0 atom stereocenters. The number of nitrogens with two attached hydrogens (primary N) is 1. The van der Waals surface area contributed by atoms with Crippen molar-refractivity contribution in [3.8, 4) is 5.75 Å². The van der Waals surface area contributed by atoms with Crippen molar-refractivity contribution in [1.82, 2.24) is 0 Å². The SMILES string of the molecule is Nc1ccc(OCc2ccc(F)cc2Cl)cc1C(=O)O. The van der Waals surface area contributed by atoms with Crippen LogP contribution < -0.4 is 10.5 Å². The number of ether oxygens (including phenoxy) is 1. The smallest absolute Gasteiger partial charge is 0.337 e. The lowest BCUT2D eigenvalue weighted by molar-refractivity contribution is 0.0697. The highest BCUT2D eigenvalue weighted by Crippen LogP contribution is 2.23. The van der Waals surface area contributed by atoms with E-state index in [2.05, 4.69) is 0 Å². The van der Waals surface area contributed by atoms with Crippen LogP contribution in [0, 0.1) is 5.82 Å². The van der Waals surface area contributed by atoms with Crippen molar-refractivity contribution >= 4 is 23.3 Å². The summed E-state index contributed by atoms with van der Waals surface area (Å²) in [5, 5.41) is 9.20. The Hall–Kier alpha value is -2.27. The topological polar surface area (TPSA) is 72.5 Å². The van der Waals surface area contributed by atoms with Crippen LogP contribution in [0.2, 0.25) is 5.02 Å². The van der Waals surface area contributed by atoms with Crippen molar-refractivity contribution in [3.63, 3.8) is 0 Å². The number of rotatable bonds is 4. The maximum atomic E-state index is 12.9. The second kappa shape index (κ2) is 5.79. The van der Waals surface area contributed by atoms with Gasteiger partial charge in [0.2, 0.25) is 0 Å². The molecule has 0 amide bonds. The van der Waals surface area contributed by atoms with Gasteiger partial charge >= 0.3 is 5.97 Å². The number of carbonyl (C=O) groups is 1. The van der Waals surface area contributed by atoms with E-state index in [1.807, 2.05) is 0 Å². The Morgan fingerprint density at radius 3 is 2.70 bits per heavy atom. The van der Waals surface area contributed by atoms with E-state index in [1.54, 1.807) is 6.07 Å². The Kier molecular flexibility index (Phi) is 4.10. The van der Waals surface area contributed by atoms with Gasteiger partial charge in [-0.15, -0.1) is 0 Å². The fraction of sp³-hybridized carbons (Fsp3) is 0.0714. The summed E-state index contributed by atoms with van der Waals surface area (Å²) in [6.45, 7) is 0.0993. The van der Waals surface area contributed by atoms with Crippen LogP contribution in [0.15, 0.2) is 36.4 Å². The number of carboxylic acids is 1. The number of aromatic carboxylic acids is 1. The molecule has 20 heavy (non-hydrogen) atoms. The highest BCUT2D eigenvalue weighted by Gasteiger charge is 2.10. The Bertz CT molecular complexity index is 661.